The van der Waals surface area contributed by atoms with Gasteiger partial charge in [-0.1, -0.05) is 49.5 Å². The van der Waals surface area contributed by atoms with Gasteiger partial charge in [-0.2, -0.15) is 0 Å². The molecular weight excluding hydrogens is 523 g/mol. The summed E-state index contributed by atoms with van der Waals surface area (Å²) < 4.78 is 24.5. The van der Waals surface area contributed by atoms with Crippen molar-refractivity contribution >= 4 is 39.9 Å². The highest BCUT2D eigenvalue weighted by Crippen LogP contribution is 2.44. The SMILES string of the molecule is C=CCOC(=O)c1sc(N2C(=O)C(=O)/C(=C(\O)c3ccc(OCCCC)cc3)C2c2ccc(F)cc2)nc1C. The molecule has 3 aromatic rings. The lowest BCUT2D eigenvalue weighted by molar-refractivity contribution is -0.132. The topological polar surface area (TPSA) is 106 Å². The molecule has 4 rings (SSSR count). The predicted molar refractivity (Wildman–Crippen MR) is 145 cm³/mol. The zero-order valence-electron chi connectivity index (χ0n) is 21.5. The van der Waals surface area contributed by atoms with Crippen LogP contribution >= 0.6 is 11.3 Å². The molecule has 0 bridgehead atoms. The molecule has 0 aliphatic carbocycles. The number of hydrogen-bond acceptors (Lipinski definition) is 8. The molecule has 0 radical (unpaired) electrons. The fraction of sp³-hybridized carbons (Fsp3) is 0.241. The van der Waals surface area contributed by atoms with E-state index in [0.29, 0.717) is 29.2 Å². The van der Waals surface area contributed by atoms with E-state index in [4.69, 9.17) is 9.47 Å². The number of ketones is 1. The average Bonchev–Trinajstić information content (AvgIpc) is 3.44. The van der Waals surface area contributed by atoms with Crippen LogP contribution in [-0.4, -0.2) is 41.0 Å². The Kier molecular flexibility index (Phi) is 8.55. The number of nitrogens with zero attached hydrogens (tertiary/aromatic N) is 2. The number of amides is 1. The van der Waals surface area contributed by atoms with Crippen molar-refractivity contribution in [3.05, 3.63) is 94.3 Å². The molecule has 10 heteroatoms. The number of rotatable bonds is 10. The summed E-state index contributed by atoms with van der Waals surface area (Å²) in [5, 5.41) is 11.3. The van der Waals surface area contributed by atoms with Crippen LogP contribution in [0.25, 0.3) is 5.76 Å². The second-order valence-electron chi connectivity index (χ2n) is 8.75. The minimum atomic E-state index is -1.12. The van der Waals surface area contributed by atoms with Gasteiger partial charge in [0.15, 0.2) is 5.13 Å². The fourth-order valence-corrected chi connectivity index (χ4v) is 5.05. The van der Waals surface area contributed by atoms with Crippen LogP contribution < -0.4 is 9.64 Å². The fourth-order valence-electron chi connectivity index (χ4n) is 4.06. The van der Waals surface area contributed by atoms with Crippen molar-refractivity contribution in [1.29, 1.82) is 0 Å². The Morgan fingerprint density at radius 2 is 1.87 bits per heavy atom. The Morgan fingerprint density at radius 3 is 2.51 bits per heavy atom. The van der Waals surface area contributed by atoms with Gasteiger partial charge in [-0.05, 0) is 55.3 Å². The molecule has 1 amide bonds. The molecule has 1 saturated heterocycles. The van der Waals surface area contributed by atoms with E-state index in [1.165, 1.54) is 30.3 Å². The third-order valence-electron chi connectivity index (χ3n) is 6.03. The van der Waals surface area contributed by atoms with Crippen LogP contribution in [0.3, 0.4) is 0 Å². The average molecular weight is 551 g/mol. The first-order valence-electron chi connectivity index (χ1n) is 12.3. The van der Waals surface area contributed by atoms with Crippen LogP contribution in [0.5, 0.6) is 5.75 Å². The quantitative estimate of drug-likeness (QED) is 0.0857. The van der Waals surface area contributed by atoms with Crippen molar-refractivity contribution in [3.63, 3.8) is 0 Å². The molecule has 1 unspecified atom stereocenters. The number of aryl methyl sites for hydroxylation is 1. The Balaban J connectivity index is 1.79. The number of thiazole rings is 1. The van der Waals surface area contributed by atoms with Crippen LogP contribution in [0.15, 0.2) is 66.8 Å². The van der Waals surface area contributed by atoms with Crippen LogP contribution in [0, 0.1) is 12.7 Å². The third kappa shape index (κ3) is 5.75. The Bertz CT molecular complexity index is 1430. The zero-order chi connectivity index (χ0) is 28.1. The van der Waals surface area contributed by atoms with E-state index in [1.54, 1.807) is 31.2 Å². The molecule has 1 fully saturated rings. The van der Waals surface area contributed by atoms with Gasteiger partial charge >= 0.3 is 11.9 Å². The Morgan fingerprint density at radius 1 is 1.18 bits per heavy atom. The highest BCUT2D eigenvalue weighted by atomic mass is 32.1. The monoisotopic (exact) mass is 550 g/mol. The molecule has 8 nitrogen and oxygen atoms in total. The van der Waals surface area contributed by atoms with Gasteiger partial charge in [0, 0.05) is 5.56 Å². The molecule has 0 saturated carbocycles. The molecule has 1 aliphatic heterocycles. The summed E-state index contributed by atoms with van der Waals surface area (Å²) >= 11 is 0.882. The second-order valence-corrected chi connectivity index (χ2v) is 9.72. The second kappa shape index (κ2) is 12.0. The molecular formula is C29H27FN2O6S. The van der Waals surface area contributed by atoms with Gasteiger partial charge in [-0.25, -0.2) is 14.2 Å². The molecule has 2 heterocycles. The number of esters is 1. The smallest absolute Gasteiger partial charge is 0.350 e. The summed E-state index contributed by atoms with van der Waals surface area (Å²) in [5.74, 6) is -2.83. The number of Topliss-reactive ketones (excluding diaryl/α,β-unsaturated/α-hetero) is 1. The van der Waals surface area contributed by atoms with Crippen LogP contribution in [0.4, 0.5) is 9.52 Å². The molecule has 1 N–H and O–H groups in total. The first kappa shape index (κ1) is 27.7. The molecule has 39 heavy (non-hydrogen) atoms. The number of carbonyl (C=O) groups excluding carboxylic acids is 3. The van der Waals surface area contributed by atoms with Crippen LogP contribution in [0.1, 0.15) is 52.3 Å². The Labute approximate surface area is 229 Å². The lowest BCUT2D eigenvalue weighted by Gasteiger charge is -2.23. The summed E-state index contributed by atoms with van der Waals surface area (Å²) in [6, 6.07) is 10.6. The number of aromatic nitrogens is 1. The lowest BCUT2D eigenvalue weighted by Crippen LogP contribution is -2.29. The standard InChI is InChI=1S/C29H27FN2O6S/c1-4-6-16-37-21-13-9-19(10-14-21)24(33)22-23(18-7-11-20(30)12-8-18)32(27(35)25(22)34)29-31-17(3)26(39-29)28(36)38-15-5-2/h5,7-14,23,33H,2,4,6,15-16H2,1,3H3/b24-22-. The van der Waals surface area contributed by atoms with E-state index in [9.17, 15) is 23.9 Å². The molecule has 2 aromatic carbocycles. The molecule has 1 aliphatic rings. The van der Waals surface area contributed by atoms with Crippen LogP contribution in [0.2, 0.25) is 0 Å². The largest absolute Gasteiger partial charge is 0.507 e. The van der Waals surface area contributed by atoms with Crippen molar-refractivity contribution in [1.82, 2.24) is 4.98 Å². The van der Waals surface area contributed by atoms with Gasteiger partial charge in [0.1, 0.15) is 28.8 Å². The van der Waals surface area contributed by atoms with Crippen molar-refractivity contribution in [2.75, 3.05) is 18.1 Å². The van der Waals surface area contributed by atoms with E-state index >= 15 is 0 Å². The molecule has 0 spiro atoms. The Hall–Kier alpha value is -4.31. The summed E-state index contributed by atoms with van der Waals surface area (Å²) in [7, 11) is 0. The predicted octanol–water partition coefficient (Wildman–Crippen LogP) is 5.74. The maximum atomic E-state index is 13.8. The van der Waals surface area contributed by atoms with Crippen LogP contribution in [-0.2, 0) is 14.3 Å². The molecule has 1 aromatic heterocycles. The van der Waals surface area contributed by atoms with Gasteiger partial charge in [0.2, 0.25) is 0 Å². The number of aliphatic hydroxyl groups excluding tert-OH is 1. The van der Waals surface area contributed by atoms with Gasteiger partial charge in [0.25, 0.3) is 5.78 Å². The summed E-state index contributed by atoms with van der Waals surface area (Å²) in [5.41, 5.74) is 0.796. The molecule has 202 valence electrons. The summed E-state index contributed by atoms with van der Waals surface area (Å²) in [4.78, 5) is 44.8. The first-order valence-corrected chi connectivity index (χ1v) is 13.1. The number of anilines is 1. The maximum Gasteiger partial charge on any atom is 0.350 e. The van der Waals surface area contributed by atoms with E-state index in [1.807, 2.05) is 0 Å². The van der Waals surface area contributed by atoms with Crippen molar-refractivity contribution < 1.29 is 33.4 Å². The first-order chi connectivity index (χ1) is 18.8. The number of unbranched alkanes of at least 4 members (excludes halogenated alkanes) is 1. The van der Waals surface area contributed by atoms with Gasteiger partial charge in [-0.3, -0.25) is 14.5 Å². The maximum absolute atomic E-state index is 13.8. The van der Waals surface area contributed by atoms with Gasteiger partial charge in [0.05, 0.1) is 23.9 Å². The zero-order valence-corrected chi connectivity index (χ0v) is 22.3. The number of halogens is 1. The third-order valence-corrected chi connectivity index (χ3v) is 7.17. The highest BCUT2D eigenvalue weighted by molar-refractivity contribution is 7.17. The van der Waals surface area contributed by atoms with Gasteiger partial charge in [-0.15, -0.1) is 0 Å². The molecule has 1 atom stereocenters. The van der Waals surface area contributed by atoms with E-state index in [-0.39, 0.29) is 22.2 Å². The lowest BCUT2D eigenvalue weighted by atomic mass is 9.95. The minimum absolute atomic E-state index is 0.00592. The minimum Gasteiger partial charge on any atom is -0.507 e. The van der Waals surface area contributed by atoms with Crippen molar-refractivity contribution in [3.8, 4) is 5.75 Å². The summed E-state index contributed by atoms with van der Waals surface area (Å²) in [6.07, 6.45) is 3.30. The van der Waals surface area contributed by atoms with E-state index in [0.717, 1.165) is 29.1 Å². The van der Waals surface area contributed by atoms with Crippen molar-refractivity contribution in [2.24, 2.45) is 0 Å². The van der Waals surface area contributed by atoms with E-state index in [2.05, 4.69) is 18.5 Å². The number of hydrogen-bond donors (Lipinski definition) is 1. The number of aliphatic hydroxyl groups is 1. The number of ether oxygens (including phenoxy) is 2. The number of benzene rings is 2. The van der Waals surface area contributed by atoms with Crippen molar-refractivity contribution in [2.45, 2.75) is 32.7 Å². The normalized spacial score (nSPS) is 16.4. The van der Waals surface area contributed by atoms with Gasteiger partial charge < -0.3 is 14.6 Å². The summed E-state index contributed by atoms with van der Waals surface area (Å²) in [6.45, 7) is 7.69. The highest BCUT2D eigenvalue weighted by Gasteiger charge is 2.48. The van der Waals surface area contributed by atoms with E-state index < -0.39 is 35.3 Å². The number of carbonyl (C=O) groups is 3.